The second-order valence-electron chi connectivity index (χ2n) is 6.02. The Morgan fingerprint density at radius 3 is 2.64 bits per heavy atom. The third-order valence-electron chi connectivity index (χ3n) is 3.99. The van der Waals surface area contributed by atoms with Gasteiger partial charge in [-0.2, -0.15) is 0 Å². The average Bonchev–Trinajstić information content (AvgIpc) is 2.50. The minimum Gasteiger partial charge on any atom is -0.294 e. The van der Waals surface area contributed by atoms with Gasteiger partial charge in [0.15, 0.2) is 0 Å². The molecule has 0 radical (unpaired) electrons. The van der Waals surface area contributed by atoms with E-state index in [1.165, 1.54) is 18.2 Å². The van der Waals surface area contributed by atoms with Gasteiger partial charge in [-0.3, -0.25) is 4.90 Å². The summed E-state index contributed by atoms with van der Waals surface area (Å²) in [6, 6.07) is 3.99. The summed E-state index contributed by atoms with van der Waals surface area (Å²) in [6.07, 6.45) is 2.63. The van der Waals surface area contributed by atoms with Crippen LogP contribution < -0.4 is 0 Å². The predicted molar refractivity (Wildman–Crippen MR) is 80.3 cm³/mol. The molecular formula is C17H19F2N3. The highest BCUT2D eigenvalue weighted by Gasteiger charge is 2.21. The van der Waals surface area contributed by atoms with Gasteiger partial charge in [-0.05, 0) is 12.1 Å². The molecule has 0 spiro atoms. The zero-order valence-corrected chi connectivity index (χ0v) is 12.8. The smallest absolute Gasteiger partial charge is 0.131 e. The summed E-state index contributed by atoms with van der Waals surface area (Å²) in [7, 11) is 0. The van der Waals surface area contributed by atoms with Crippen LogP contribution in [0.15, 0.2) is 24.4 Å². The first kappa shape index (κ1) is 15.0. The lowest BCUT2D eigenvalue weighted by Crippen LogP contribution is -2.31. The number of halogens is 2. The summed E-state index contributed by atoms with van der Waals surface area (Å²) in [5.74, 6) is 0.178. The first-order valence-electron chi connectivity index (χ1n) is 7.54. The molecule has 3 nitrogen and oxygen atoms in total. The van der Waals surface area contributed by atoms with Crippen molar-refractivity contribution in [3.8, 4) is 0 Å². The van der Waals surface area contributed by atoms with Gasteiger partial charge in [0.25, 0.3) is 0 Å². The Labute approximate surface area is 129 Å². The van der Waals surface area contributed by atoms with Gasteiger partial charge in [0.1, 0.15) is 17.5 Å². The molecule has 116 valence electrons. The molecule has 5 heteroatoms. The Balaban J connectivity index is 1.77. The van der Waals surface area contributed by atoms with E-state index >= 15 is 0 Å². The predicted octanol–water partition coefficient (Wildman–Crippen LogP) is 3.44. The Morgan fingerprint density at radius 2 is 1.95 bits per heavy atom. The molecule has 0 unspecified atom stereocenters. The number of aromatic nitrogens is 2. The van der Waals surface area contributed by atoms with Crippen LogP contribution in [0.1, 0.15) is 42.4 Å². The zero-order valence-electron chi connectivity index (χ0n) is 12.8. The van der Waals surface area contributed by atoms with Crippen LogP contribution in [0, 0.1) is 11.6 Å². The molecular weight excluding hydrogens is 284 g/mol. The summed E-state index contributed by atoms with van der Waals surface area (Å²) in [6.45, 7) is 5.77. The van der Waals surface area contributed by atoms with Gasteiger partial charge in [-0.1, -0.05) is 19.9 Å². The molecule has 0 N–H and O–H groups in total. The first-order chi connectivity index (χ1) is 10.5. The lowest BCUT2D eigenvalue weighted by atomic mass is 10.1. The van der Waals surface area contributed by atoms with Gasteiger partial charge in [0.05, 0.1) is 0 Å². The minimum absolute atomic E-state index is 0.130. The quantitative estimate of drug-likeness (QED) is 0.870. The Hall–Kier alpha value is -1.88. The van der Waals surface area contributed by atoms with Crippen molar-refractivity contribution < 1.29 is 8.78 Å². The van der Waals surface area contributed by atoms with E-state index in [0.717, 1.165) is 30.0 Å². The largest absolute Gasteiger partial charge is 0.294 e. The standard InChI is InChI=1S/C17H19F2N3/c1-11(2)17-20-8-12-9-22(7-6-16(12)21-17)10-13-14(18)4-3-5-15(13)19/h3-5,8,11H,6-7,9-10H2,1-2H3. The maximum Gasteiger partial charge on any atom is 0.131 e. The van der Waals surface area contributed by atoms with Crippen molar-refractivity contribution in [3.63, 3.8) is 0 Å². The molecule has 3 rings (SSSR count). The second-order valence-corrected chi connectivity index (χ2v) is 6.02. The molecule has 1 aromatic heterocycles. The van der Waals surface area contributed by atoms with Crippen LogP contribution in [0.25, 0.3) is 0 Å². The Bertz CT molecular complexity index is 665. The molecule has 1 aromatic carbocycles. The van der Waals surface area contributed by atoms with Crippen molar-refractivity contribution in [1.82, 2.24) is 14.9 Å². The fraction of sp³-hybridized carbons (Fsp3) is 0.412. The third kappa shape index (κ3) is 2.99. The lowest BCUT2D eigenvalue weighted by Gasteiger charge is -2.28. The highest BCUT2D eigenvalue weighted by Crippen LogP contribution is 2.22. The van der Waals surface area contributed by atoms with E-state index < -0.39 is 11.6 Å². The molecule has 0 fully saturated rings. The molecule has 0 amide bonds. The number of nitrogens with zero attached hydrogens (tertiary/aromatic N) is 3. The van der Waals surface area contributed by atoms with Crippen LogP contribution in [0.4, 0.5) is 8.78 Å². The van der Waals surface area contributed by atoms with Gasteiger partial charge in [0.2, 0.25) is 0 Å². The zero-order chi connectivity index (χ0) is 15.7. The van der Waals surface area contributed by atoms with Gasteiger partial charge < -0.3 is 0 Å². The molecule has 1 aliphatic rings. The SMILES string of the molecule is CC(C)c1ncc2c(n1)CCN(Cc1c(F)cccc1F)C2. The Kier molecular flexibility index (Phi) is 4.16. The number of benzene rings is 1. The maximum atomic E-state index is 13.8. The third-order valence-corrected chi connectivity index (χ3v) is 3.99. The summed E-state index contributed by atoms with van der Waals surface area (Å²) in [5, 5.41) is 0. The molecule has 1 aliphatic heterocycles. The topological polar surface area (TPSA) is 29.0 Å². The number of hydrogen-bond acceptors (Lipinski definition) is 3. The van der Waals surface area contributed by atoms with E-state index in [9.17, 15) is 8.78 Å². The van der Waals surface area contributed by atoms with E-state index in [0.29, 0.717) is 12.5 Å². The molecule has 2 aromatic rings. The highest BCUT2D eigenvalue weighted by atomic mass is 19.1. The first-order valence-corrected chi connectivity index (χ1v) is 7.54. The molecule has 0 bridgehead atoms. The Morgan fingerprint density at radius 1 is 1.23 bits per heavy atom. The van der Waals surface area contributed by atoms with E-state index in [1.54, 1.807) is 0 Å². The second kappa shape index (κ2) is 6.08. The van der Waals surface area contributed by atoms with E-state index in [4.69, 9.17) is 0 Å². The fourth-order valence-corrected chi connectivity index (χ4v) is 2.71. The van der Waals surface area contributed by atoms with Crippen LogP contribution in [0.2, 0.25) is 0 Å². The van der Waals surface area contributed by atoms with Crippen LogP contribution in [0.3, 0.4) is 0 Å². The molecule has 2 heterocycles. The van der Waals surface area contributed by atoms with Crippen molar-refractivity contribution in [2.45, 2.75) is 39.3 Å². The van der Waals surface area contributed by atoms with Gasteiger partial charge in [-0.15, -0.1) is 0 Å². The van der Waals surface area contributed by atoms with Crippen molar-refractivity contribution in [1.29, 1.82) is 0 Å². The van der Waals surface area contributed by atoms with Gasteiger partial charge in [0, 0.05) is 55.0 Å². The average molecular weight is 303 g/mol. The van der Waals surface area contributed by atoms with E-state index in [-0.39, 0.29) is 12.1 Å². The molecule has 0 aliphatic carbocycles. The molecule has 0 saturated heterocycles. The molecule has 22 heavy (non-hydrogen) atoms. The van der Waals surface area contributed by atoms with Crippen LogP contribution in [-0.2, 0) is 19.5 Å². The minimum atomic E-state index is -0.489. The van der Waals surface area contributed by atoms with E-state index in [2.05, 4.69) is 23.8 Å². The number of rotatable bonds is 3. The lowest BCUT2D eigenvalue weighted by molar-refractivity contribution is 0.235. The summed E-state index contributed by atoms with van der Waals surface area (Å²) < 4.78 is 27.5. The summed E-state index contributed by atoms with van der Waals surface area (Å²) in [5.41, 5.74) is 2.24. The highest BCUT2D eigenvalue weighted by molar-refractivity contribution is 5.23. The maximum absolute atomic E-state index is 13.8. The van der Waals surface area contributed by atoms with Gasteiger partial charge in [-0.25, -0.2) is 18.7 Å². The molecule has 0 saturated carbocycles. The van der Waals surface area contributed by atoms with Gasteiger partial charge >= 0.3 is 0 Å². The van der Waals surface area contributed by atoms with Crippen LogP contribution in [-0.4, -0.2) is 21.4 Å². The summed E-state index contributed by atoms with van der Waals surface area (Å²) in [4.78, 5) is 11.0. The van der Waals surface area contributed by atoms with Crippen molar-refractivity contribution in [2.75, 3.05) is 6.54 Å². The molecule has 0 atom stereocenters. The van der Waals surface area contributed by atoms with Crippen molar-refractivity contribution in [3.05, 3.63) is 58.7 Å². The number of hydrogen-bond donors (Lipinski definition) is 0. The number of fused-ring (bicyclic) bond motifs is 1. The fourth-order valence-electron chi connectivity index (χ4n) is 2.71. The summed E-state index contributed by atoms with van der Waals surface area (Å²) >= 11 is 0. The van der Waals surface area contributed by atoms with Crippen LogP contribution in [0.5, 0.6) is 0 Å². The normalized spacial score (nSPS) is 15.1. The monoisotopic (exact) mass is 303 g/mol. The van der Waals surface area contributed by atoms with E-state index in [1.807, 2.05) is 11.1 Å². The van der Waals surface area contributed by atoms with Crippen molar-refractivity contribution in [2.24, 2.45) is 0 Å². The van der Waals surface area contributed by atoms with Crippen molar-refractivity contribution >= 4 is 0 Å². The van der Waals surface area contributed by atoms with Crippen LogP contribution >= 0.6 is 0 Å².